The Balaban J connectivity index is 1.67. The lowest BCUT2D eigenvalue weighted by Gasteiger charge is -2.07. The van der Waals surface area contributed by atoms with Crippen LogP contribution in [0.2, 0.25) is 0 Å². The molecule has 2 N–H and O–H groups in total. The van der Waals surface area contributed by atoms with Crippen molar-refractivity contribution in [1.82, 2.24) is 5.43 Å². The Kier molecular flexibility index (Phi) is 3.60. The summed E-state index contributed by atoms with van der Waals surface area (Å²) in [4.78, 5) is 12.0. The number of anilines is 1. The fraction of sp³-hybridized carbons (Fsp3) is 0.118. The number of furan rings is 1. The molecule has 0 aliphatic rings. The number of rotatable bonds is 4. The Hall–Kier alpha value is -2.75. The van der Waals surface area contributed by atoms with Crippen LogP contribution in [0.3, 0.4) is 0 Å². The second kappa shape index (κ2) is 5.71. The Morgan fingerprint density at radius 2 is 1.95 bits per heavy atom. The van der Waals surface area contributed by atoms with E-state index in [9.17, 15) is 4.79 Å². The molecule has 4 nitrogen and oxygen atoms in total. The number of hydrogen-bond acceptors (Lipinski definition) is 3. The third-order valence-electron chi connectivity index (χ3n) is 3.28. The zero-order valence-electron chi connectivity index (χ0n) is 11.7. The van der Waals surface area contributed by atoms with E-state index in [1.165, 1.54) is 0 Å². The van der Waals surface area contributed by atoms with E-state index >= 15 is 0 Å². The SMILES string of the molecule is Cc1ccc2occ(CC(=O)NNc3ccccc3)c2c1. The van der Waals surface area contributed by atoms with Gasteiger partial charge in [0.1, 0.15) is 5.58 Å². The summed E-state index contributed by atoms with van der Waals surface area (Å²) in [5.74, 6) is -0.108. The summed E-state index contributed by atoms with van der Waals surface area (Å²) in [6.07, 6.45) is 1.92. The van der Waals surface area contributed by atoms with Gasteiger partial charge in [-0.15, -0.1) is 0 Å². The lowest BCUT2D eigenvalue weighted by Crippen LogP contribution is -2.30. The first-order valence-corrected chi connectivity index (χ1v) is 6.79. The number of aryl methyl sites for hydroxylation is 1. The van der Waals surface area contributed by atoms with Crippen LogP contribution in [0.5, 0.6) is 0 Å². The number of nitrogens with one attached hydrogen (secondary N) is 2. The van der Waals surface area contributed by atoms with E-state index in [0.29, 0.717) is 0 Å². The highest BCUT2D eigenvalue weighted by molar-refractivity contribution is 5.88. The van der Waals surface area contributed by atoms with Gasteiger partial charge in [0.15, 0.2) is 0 Å². The van der Waals surface area contributed by atoms with E-state index in [-0.39, 0.29) is 12.3 Å². The van der Waals surface area contributed by atoms with E-state index in [1.807, 2.05) is 55.5 Å². The molecule has 0 bridgehead atoms. The van der Waals surface area contributed by atoms with Crippen molar-refractivity contribution in [2.24, 2.45) is 0 Å². The van der Waals surface area contributed by atoms with Gasteiger partial charge < -0.3 is 4.42 Å². The number of amides is 1. The van der Waals surface area contributed by atoms with E-state index in [0.717, 1.165) is 27.8 Å². The molecular formula is C17H16N2O2. The molecule has 0 aliphatic heterocycles. The number of benzene rings is 2. The molecule has 21 heavy (non-hydrogen) atoms. The Labute approximate surface area is 122 Å². The summed E-state index contributed by atoms with van der Waals surface area (Å²) in [5, 5.41) is 0.991. The molecule has 0 fully saturated rings. The van der Waals surface area contributed by atoms with Crippen molar-refractivity contribution in [1.29, 1.82) is 0 Å². The molecule has 1 heterocycles. The number of hydrazine groups is 1. The van der Waals surface area contributed by atoms with Gasteiger partial charge in [-0.2, -0.15) is 0 Å². The van der Waals surface area contributed by atoms with Gasteiger partial charge in [-0.05, 0) is 31.2 Å². The first-order chi connectivity index (χ1) is 10.2. The average molecular weight is 280 g/mol. The Bertz CT molecular complexity index is 763. The Morgan fingerprint density at radius 3 is 2.76 bits per heavy atom. The van der Waals surface area contributed by atoms with Gasteiger partial charge in [-0.1, -0.05) is 29.8 Å². The zero-order chi connectivity index (χ0) is 14.7. The summed E-state index contributed by atoms with van der Waals surface area (Å²) >= 11 is 0. The van der Waals surface area contributed by atoms with Gasteiger partial charge in [-0.25, -0.2) is 0 Å². The quantitative estimate of drug-likeness (QED) is 0.720. The second-order valence-corrected chi connectivity index (χ2v) is 4.98. The molecule has 0 unspecified atom stereocenters. The number of carbonyl (C=O) groups is 1. The number of hydrogen-bond donors (Lipinski definition) is 2. The van der Waals surface area contributed by atoms with Gasteiger partial charge in [-0.3, -0.25) is 15.6 Å². The van der Waals surface area contributed by atoms with Crippen LogP contribution >= 0.6 is 0 Å². The van der Waals surface area contributed by atoms with Gasteiger partial charge in [0.05, 0.1) is 18.4 Å². The molecule has 0 saturated carbocycles. The third kappa shape index (κ3) is 3.05. The van der Waals surface area contributed by atoms with E-state index in [2.05, 4.69) is 10.9 Å². The van der Waals surface area contributed by atoms with Crippen molar-refractivity contribution >= 4 is 22.6 Å². The second-order valence-electron chi connectivity index (χ2n) is 4.98. The molecule has 3 rings (SSSR count). The van der Waals surface area contributed by atoms with Crippen molar-refractivity contribution in [2.75, 3.05) is 5.43 Å². The zero-order valence-corrected chi connectivity index (χ0v) is 11.7. The normalized spacial score (nSPS) is 10.5. The fourth-order valence-electron chi connectivity index (χ4n) is 2.21. The molecule has 0 radical (unpaired) electrons. The lowest BCUT2D eigenvalue weighted by atomic mass is 10.1. The van der Waals surface area contributed by atoms with Crippen molar-refractivity contribution in [3.05, 3.63) is 65.9 Å². The van der Waals surface area contributed by atoms with Crippen LogP contribution in [0.25, 0.3) is 11.0 Å². The number of para-hydroxylation sites is 1. The molecule has 0 saturated heterocycles. The van der Waals surface area contributed by atoms with Gasteiger partial charge in [0, 0.05) is 10.9 Å². The van der Waals surface area contributed by atoms with Crippen molar-refractivity contribution in [3.8, 4) is 0 Å². The van der Waals surface area contributed by atoms with Gasteiger partial charge in [0.2, 0.25) is 5.91 Å². The molecule has 1 amide bonds. The highest BCUT2D eigenvalue weighted by atomic mass is 16.3. The van der Waals surface area contributed by atoms with Gasteiger partial charge in [0.25, 0.3) is 0 Å². The molecule has 0 spiro atoms. The minimum atomic E-state index is -0.108. The smallest absolute Gasteiger partial charge is 0.242 e. The van der Waals surface area contributed by atoms with Crippen LogP contribution in [0.15, 0.2) is 59.2 Å². The van der Waals surface area contributed by atoms with Crippen LogP contribution < -0.4 is 10.9 Å². The minimum absolute atomic E-state index is 0.108. The average Bonchev–Trinajstić information content (AvgIpc) is 2.88. The maximum atomic E-state index is 12.0. The number of fused-ring (bicyclic) bond motifs is 1. The maximum absolute atomic E-state index is 12.0. The lowest BCUT2D eigenvalue weighted by molar-refractivity contribution is -0.119. The maximum Gasteiger partial charge on any atom is 0.242 e. The summed E-state index contributed by atoms with van der Waals surface area (Å²) < 4.78 is 5.47. The summed E-state index contributed by atoms with van der Waals surface area (Å²) in [7, 11) is 0. The number of carbonyl (C=O) groups excluding carboxylic acids is 1. The standard InChI is InChI=1S/C17H16N2O2/c1-12-7-8-16-15(9-12)13(11-21-16)10-17(20)19-18-14-5-3-2-4-6-14/h2-9,11,18H,10H2,1H3,(H,19,20). The van der Waals surface area contributed by atoms with E-state index in [4.69, 9.17) is 4.42 Å². The Morgan fingerprint density at radius 1 is 1.14 bits per heavy atom. The van der Waals surface area contributed by atoms with Crippen LogP contribution in [-0.2, 0) is 11.2 Å². The van der Waals surface area contributed by atoms with Crippen molar-refractivity contribution in [3.63, 3.8) is 0 Å². The predicted molar refractivity (Wildman–Crippen MR) is 82.9 cm³/mol. The monoisotopic (exact) mass is 280 g/mol. The molecule has 3 aromatic rings. The molecular weight excluding hydrogens is 264 g/mol. The van der Waals surface area contributed by atoms with Crippen LogP contribution in [0, 0.1) is 6.92 Å². The van der Waals surface area contributed by atoms with Crippen LogP contribution in [-0.4, -0.2) is 5.91 Å². The summed E-state index contributed by atoms with van der Waals surface area (Å²) in [6.45, 7) is 2.02. The molecule has 1 aromatic heterocycles. The largest absolute Gasteiger partial charge is 0.464 e. The van der Waals surface area contributed by atoms with E-state index < -0.39 is 0 Å². The first-order valence-electron chi connectivity index (χ1n) is 6.79. The van der Waals surface area contributed by atoms with Crippen LogP contribution in [0.1, 0.15) is 11.1 Å². The summed E-state index contributed by atoms with van der Waals surface area (Å²) in [6, 6.07) is 15.5. The molecule has 4 heteroatoms. The molecule has 106 valence electrons. The molecule has 0 aliphatic carbocycles. The van der Waals surface area contributed by atoms with Gasteiger partial charge >= 0.3 is 0 Å². The highest BCUT2D eigenvalue weighted by Gasteiger charge is 2.10. The van der Waals surface area contributed by atoms with E-state index in [1.54, 1.807) is 6.26 Å². The first kappa shape index (κ1) is 13.2. The van der Waals surface area contributed by atoms with Crippen molar-refractivity contribution in [2.45, 2.75) is 13.3 Å². The minimum Gasteiger partial charge on any atom is -0.464 e. The third-order valence-corrected chi connectivity index (χ3v) is 3.28. The van der Waals surface area contributed by atoms with Crippen LogP contribution in [0.4, 0.5) is 5.69 Å². The summed E-state index contributed by atoms with van der Waals surface area (Å²) in [5.41, 5.74) is 9.26. The fourth-order valence-corrected chi connectivity index (χ4v) is 2.21. The predicted octanol–water partition coefficient (Wildman–Crippen LogP) is 3.43. The van der Waals surface area contributed by atoms with Crippen molar-refractivity contribution < 1.29 is 9.21 Å². The highest BCUT2D eigenvalue weighted by Crippen LogP contribution is 2.22. The topological polar surface area (TPSA) is 54.3 Å². The molecule has 2 aromatic carbocycles. The molecule has 0 atom stereocenters.